The van der Waals surface area contributed by atoms with Crippen molar-refractivity contribution in [1.29, 1.82) is 0 Å². The van der Waals surface area contributed by atoms with Crippen molar-refractivity contribution in [1.82, 2.24) is 0 Å². The molecule has 0 fully saturated rings. The molecule has 0 spiro atoms. The third-order valence-corrected chi connectivity index (χ3v) is 32.7. The predicted molar refractivity (Wildman–Crippen MR) is 126 cm³/mol. The van der Waals surface area contributed by atoms with Gasteiger partial charge in [0.1, 0.15) is 0 Å². The third-order valence-electron chi connectivity index (χ3n) is 4.60. The van der Waals surface area contributed by atoms with Crippen LogP contribution in [-0.4, -0.2) is 43.3 Å². The summed E-state index contributed by atoms with van der Waals surface area (Å²) < 4.78 is 12.1. The molecule has 2 N–H and O–H groups in total. The van der Waals surface area contributed by atoms with Gasteiger partial charge in [-0.25, -0.2) is 0 Å². The summed E-state index contributed by atoms with van der Waals surface area (Å²) in [6, 6.07) is 42.1. The molecule has 1 radical (unpaired) electrons. The van der Waals surface area contributed by atoms with Gasteiger partial charge in [0.2, 0.25) is 0 Å². The average Bonchev–Trinajstić information content (AvgIpc) is 2.80. The molecule has 0 saturated heterocycles. The van der Waals surface area contributed by atoms with E-state index in [0.717, 1.165) is 7.16 Å². The van der Waals surface area contributed by atoms with E-state index in [2.05, 4.69) is 109 Å². The van der Waals surface area contributed by atoms with Crippen LogP contribution in [0.15, 0.2) is 121 Å². The molecule has 145 valence electrons. The maximum atomic E-state index is 7.52. The van der Waals surface area contributed by atoms with Gasteiger partial charge in [0.05, 0.1) is 0 Å². The molecule has 5 heteroatoms. The monoisotopic (exact) mass is 617 g/mol. The second-order valence-electron chi connectivity index (χ2n) is 6.49. The summed E-state index contributed by atoms with van der Waals surface area (Å²) in [5.41, 5.74) is 0. The summed E-state index contributed by atoms with van der Waals surface area (Å²) >= 11 is -6.49. The van der Waals surface area contributed by atoms with E-state index >= 15 is 0 Å². The molecule has 0 aromatic heterocycles. The first-order chi connectivity index (χ1) is 13.8. The maximum absolute atomic E-state index is 7.52. The summed E-state index contributed by atoms with van der Waals surface area (Å²) in [6.07, 6.45) is 0. The van der Waals surface area contributed by atoms with Gasteiger partial charge in [-0.05, 0) is 0 Å². The number of hydrogen-bond acceptors (Lipinski definition) is 1. The van der Waals surface area contributed by atoms with E-state index in [9.17, 15) is 0 Å². The van der Waals surface area contributed by atoms with Crippen LogP contribution in [0.1, 0.15) is 0 Å². The Morgan fingerprint density at radius 1 is 0.517 bits per heavy atom. The van der Waals surface area contributed by atoms with Crippen LogP contribution >= 0.6 is 8.92 Å². The molecule has 2 nitrogen and oxygen atoms in total. The minimum absolute atomic E-state index is 0. The Balaban J connectivity index is 0.00000240. The number of halogens is 1. The second-order valence-corrected chi connectivity index (χ2v) is 26.4. The Hall–Kier alpha value is -1.31. The Bertz CT molecular complexity index is 921. The molecule has 29 heavy (non-hydrogen) atoms. The molecule has 0 unspecified atom stereocenters. The molecule has 0 aliphatic heterocycles. The number of rotatable bonds is 6. The zero-order chi connectivity index (χ0) is 19.2. The van der Waals surface area contributed by atoms with Gasteiger partial charge < -0.3 is 5.48 Å². The van der Waals surface area contributed by atoms with Gasteiger partial charge in [0.15, 0.2) is 0 Å². The first kappa shape index (κ1) is 22.4. The van der Waals surface area contributed by atoms with Gasteiger partial charge >= 0.3 is 184 Å². The molecule has 4 aromatic rings. The Morgan fingerprint density at radius 2 is 0.828 bits per heavy atom. The zero-order valence-electron chi connectivity index (χ0n) is 15.8. The number of benzene rings is 4. The van der Waals surface area contributed by atoms with Gasteiger partial charge in [-0.15, -0.1) is 0 Å². The Kier molecular flexibility index (Phi) is 8.21. The van der Waals surface area contributed by atoms with Crippen LogP contribution in [0, 0.1) is 0 Å². The molecule has 0 aliphatic rings. The average molecular weight is 615 g/mol. The first-order valence-corrected chi connectivity index (χ1v) is 20.9. The SMILES string of the molecule is O.[Cl][Sn]([O][Sn]([c]1ccccc1)[c]1ccccc1)([c]1ccccc1)[c]1ccccc1. The van der Waals surface area contributed by atoms with Gasteiger partial charge in [0.25, 0.3) is 0 Å². The first-order valence-electron chi connectivity index (χ1n) is 9.24. The van der Waals surface area contributed by atoms with Crippen LogP contribution in [0.2, 0.25) is 0 Å². The van der Waals surface area contributed by atoms with Crippen LogP contribution < -0.4 is 14.3 Å². The fourth-order valence-electron chi connectivity index (χ4n) is 3.19. The van der Waals surface area contributed by atoms with Crippen molar-refractivity contribution in [3.8, 4) is 0 Å². The summed E-state index contributed by atoms with van der Waals surface area (Å²) in [6.45, 7) is 0. The molecule has 0 saturated carbocycles. The minimum atomic E-state index is -3.82. The number of hydrogen-bond donors (Lipinski definition) is 0. The van der Waals surface area contributed by atoms with Crippen LogP contribution in [0.5, 0.6) is 0 Å². The van der Waals surface area contributed by atoms with Crippen molar-refractivity contribution in [2.24, 2.45) is 0 Å². The Morgan fingerprint density at radius 3 is 1.17 bits per heavy atom. The summed E-state index contributed by atoms with van der Waals surface area (Å²) in [5.74, 6) is 0. The van der Waals surface area contributed by atoms with Crippen molar-refractivity contribution < 1.29 is 6.89 Å². The zero-order valence-corrected chi connectivity index (χ0v) is 22.3. The van der Waals surface area contributed by atoms with Gasteiger partial charge in [-0.1, -0.05) is 0 Å². The summed E-state index contributed by atoms with van der Waals surface area (Å²) in [4.78, 5) is 0. The van der Waals surface area contributed by atoms with Crippen molar-refractivity contribution in [2.45, 2.75) is 0 Å². The van der Waals surface area contributed by atoms with Crippen molar-refractivity contribution in [3.05, 3.63) is 121 Å². The van der Waals surface area contributed by atoms with Crippen LogP contribution in [0.25, 0.3) is 0 Å². The molecule has 0 aliphatic carbocycles. The van der Waals surface area contributed by atoms with Crippen LogP contribution in [0.3, 0.4) is 0 Å². The van der Waals surface area contributed by atoms with E-state index in [4.69, 9.17) is 10.3 Å². The molecule has 0 heterocycles. The van der Waals surface area contributed by atoms with Crippen LogP contribution in [-0.2, 0) is 1.41 Å². The van der Waals surface area contributed by atoms with Gasteiger partial charge in [0, 0.05) is 0 Å². The standard InChI is InChI=1S/4C6H5.ClH.H2O.O.2Sn/c4*1-2-4-6-5-3-1;;;;;/h4*1-5H;1H;1H2;;;/q;;;;;;;;+1/p-1. The second kappa shape index (κ2) is 10.6. The third kappa shape index (κ3) is 5.24. The van der Waals surface area contributed by atoms with Gasteiger partial charge in [-0.3, -0.25) is 0 Å². The van der Waals surface area contributed by atoms with Gasteiger partial charge in [-0.2, -0.15) is 0 Å². The quantitative estimate of drug-likeness (QED) is 0.308. The van der Waals surface area contributed by atoms with Crippen molar-refractivity contribution in [2.75, 3.05) is 0 Å². The van der Waals surface area contributed by atoms with E-state index in [-0.39, 0.29) is 5.48 Å². The molecular weight excluding hydrogens is 593 g/mol. The molecule has 0 amide bonds. The van der Waals surface area contributed by atoms with E-state index in [0.29, 0.717) is 0 Å². The molecular formula is C24H22ClO2Sn2. The molecule has 4 aromatic carbocycles. The van der Waals surface area contributed by atoms with Crippen molar-refractivity contribution >= 4 is 61.1 Å². The van der Waals surface area contributed by atoms with E-state index in [1.165, 1.54) is 7.16 Å². The summed E-state index contributed by atoms with van der Waals surface area (Å²) in [7, 11) is 7.52. The predicted octanol–water partition coefficient (Wildman–Crippen LogP) is 2.48. The fourth-order valence-corrected chi connectivity index (χ4v) is 33.2. The summed E-state index contributed by atoms with van der Waals surface area (Å²) in [5, 5.41) is 0. The molecule has 0 atom stereocenters. The van der Waals surface area contributed by atoms with Crippen molar-refractivity contribution in [3.63, 3.8) is 0 Å². The topological polar surface area (TPSA) is 40.7 Å². The fraction of sp³-hybridized carbons (Fsp3) is 0. The normalized spacial score (nSPS) is 11.1. The van der Waals surface area contributed by atoms with E-state index < -0.39 is 37.8 Å². The van der Waals surface area contributed by atoms with E-state index in [1.807, 2.05) is 12.1 Å². The Labute approximate surface area is 187 Å². The molecule has 4 rings (SSSR count). The van der Waals surface area contributed by atoms with E-state index in [1.54, 1.807) is 0 Å². The molecule has 0 bridgehead atoms. The van der Waals surface area contributed by atoms with Crippen LogP contribution in [0.4, 0.5) is 0 Å².